The van der Waals surface area contributed by atoms with E-state index in [-0.39, 0.29) is 11.8 Å². The first-order chi connectivity index (χ1) is 12.3. The first kappa shape index (κ1) is 19.5. The molecular weight excluding hydrogens is 330 g/mol. The molecule has 0 saturated heterocycles. The summed E-state index contributed by atoms with van der Waals surface area (Å²) in [6, 6.07) is 12.6. The molecule has 0 bridgehead atoms. The van der Waals surface area contributed by atoms with Crippen molar-refractivity contribution in [3.63, 3.8) is 0 Å². The first-order valence-electron chi connectivity index (χ1n) is 8.58. The van der Waals surface area contributed by atoms with E-state index in [0.29, 0.717) is 17.0 Å². The second-order valence-corrected chi connectivity index (χ2v) is 6.52. The second-order valence-electron chi connectivity index (χ2n) is 6.52. The maximum absolute atomic E-state index is 12.5. The molecule has 0 aliphatic carbocycles. The molecule has 5 nitrogen and oxygen atoms in total. The van der Waals surface area contributed by atoms with Crippen molar-refractivity contribution >= 4 is 17.6 Å². The van der Waals surface area contributed by atoms with Crippen LogP contribution >= 0.6 is 0 Å². The van der Waals surface area contributed by atoms with Crippen molar-refractivity contribution in [3.8, 4) is 5.75 Å². The summed E-state index contributed by atoms with van der Waals surface area (Å²) in [6.07, 6.45) is -0.684. The fourth-order valence-electron chi connectivity index (χ4n) is 2.55. The number of methoxy groups -OCH3 is 1. The maximum Gasteiger partial charge on any atom is 0.337 e. The molecule has 0 unspecified atom stereocenters. The molecule has 0 fully saturated rings. The fraction of sp³-hybridized carbons (Fsp3) is 0.333. The van der Waals surface area contributed by atoms with E-state index in [1.54, 1.807) is 31.2 Å². The quantitative estimate of drug-likeness (QED) is 0.784. The van der Waals surface area contributed by atoms with Gasteiger partial charge >= 0.3 is 5.97 Å². The summed E-state index contributed by atoms with van der Waals surface area (Å²) >= 11 is 0. The lowest BCUT2D eigenvalue weighted by atomic mass is 10.0. The van der Waals surface area contributed by atoms with Gasteiger partial charge in [-0.2, -0.15) is 0 Å². The highest BCUT2D eigenvalue weighted by Crippen LogP contribution is 2.28. The van der Waals surface area contributed by atoms with Crippen molar-refractivity contribution in [1.82, 2.24) is 0 Å². The Kier molecular flexibility index (Phi) is 6.39. The van der Waals surface area contributed by atoms with Crippen LogP contribution in [0.1, 0.15) is 48.2 Å². The Morgan fingerprint density at radius 3 is 2.42 bits per heavy atom. The number of esters is 1. The molecule has 1 amide bonds. The van der Waals surface area contributed by atoms with Crippen LogP contribution in [0.3, 0.4) is 0 Å². The molecule has 0 aromatic heterocycles. The Labute approximate surface area is 154 Å². The number of ether oxygens (including phenoxy) is 2. The van der Waals surface area contributed by atoms with Crippen LogP contribution in [0.15, 0.2) is 42.5 Å². The van der Waals surface area contributed by atoms with Gasteiger partial charge in [0.25, 0.3) is 5.91 Å². The van der Waals surface area contributed by atoms with Crippen LogP contribution in [0.2, 0.25) is 0 Å². The summed E-state index contributed by atoms with van der Waals surface area (Å²) in [4.78, 5) is 24.1. The number of aryl methyl sites for hydroxylation is 1. The lowest BCUT2D eigenvalue weighted by molar-refractivity contribution is -0.122. The summed E-state index contributed by atoms with van der Waals surface area (Å²) in [5, 5.41) is 2.77. The number of carbonyl (C=O) groups is 2. The number of amides is 1. The van der Waals surface area contributed by atoms with Crippen LogP contribution < -0.4 is 10.1 Å². The monoisotopic (exact) mass is 355 g/mol. The van der Waals surface area contributed by atoms with E-state index in [1.165, 1.54) is 7.11 Å². The first-order valence-corrected chi connectivity index (χ1v) is 8.58. The van der Waals surface area contributed by atoms with Crippen LogP contribution in [0.25, 0.3) is 0 Å². The van der Waals surface area contributed by atoms with Gasteiger partial charge in [0, 0.05) is 5.69 Å². The van der Waals surface area contributed by atoms with Gasteiger partial charge < -0.3 is 14.8 Å². The maximum atomic E-state index is 12.5. The van der Waals surface area contributed by atoms with E-state index in [4.69, 9.17) is 9.47 Å². The van der Waals surface area contributed by atoms with Gasteiger partial charge in [-0.05, 0) is 55.2 Å². The number of benzene rings is 2. The normalized spacial score (nSPS) is 11.8. The average Bonchev–Trinajstić information content (AvgIpc) is 2.61. The SMILES string of the molecule is COC(=O)c1cccc(NC(=O)[C@H](C)Oc2cc(C)ccc2C(C)C)c1. The molecule has 0 heterocycles. The second kappa shape index (κ2) is 8.52. The Morgan fingerprint density at radius 2 is 1.77 bits per heavy atom. The molecule has 2 rings (SSSR count). The molecule has 2 aromatic rings. The van der Waals surface area contributed by atoms with Crippen molar-refractivity contribution < 1.29 is 19.1 Å². The zero-order chi connectivity index (χ0) is 19.3. The van der Waals surface area contributed by atoms with Gasteiger partial charge in [0.1, 0.15) is 5.75 Å². The molecule has 0 aliphatic rings. The van der Waals surface area contributed by atoms with Crippen molar-refractivity contribution in [3.05, 3.63) is 59.2 Å². The number of rotatable bonds is 6. The molecule has 138 valence electrons. The summed E-state index contributed by atoms with van der Waals surface area (Å²) in [5.74, 6) is 0.263. The average molecular weight is 355 g/mol. The molecule has 5 heteroatoms. The Morgan fingerprint density at radius 1 is 1.04 bits per heavy atom. The smallest absolute Gasteiger partial charge is 0.337 e. The minimum absolute atomic E-state index is 0.289. The molecule has 0 aliphatic heterocycles. The highest BCUT2D eigenvalue weighted by molar-refractivity contribution is 5.96. The van der Waals surface area contributed by atoms with Gasteiger partial charge in [-0.1, -0.05) is 32.0 Å². The lowest BCUT2D eigenvalue weighted by Crippen LogP contribution is -2.30. The molecule has 0 saturated carbocycles. The highest BCUT2D eigenvalue weighted by atomic mass is 16.5. The van der Waals surface area contributed by atoms with Crippen molar-refractivity contribution in [2.24, 2.45) is 0 Å². The van der Waals surface area contributed by atoms with E-state index < -0.39 is 12.1 Å². The van der Waals surface area contributed by atoms with E-state index in [1.807, 2.05) is 25.1 Å². The van der Waals surface area contributed by atoms with E-state index in [0.717, 1.165) is 11.1 Å². The van der Waals surface area contributed by atoms with Crippen LogP contribution in [0, 0.1) is 6.92 Å². The summed E-state index contributed by atoms with van der Waals surface area (Å²) in [5.41, 5.74) is 3.02. The summed E-state index contributed by atoms with van der Waals surface area (Å²) in [7, 11) is 1.32. The van der Waals surface area contributed by atoms with Crippen molar-refractivity contribution in [1.29, 1.82) is 0 Å². The highest BCUT2D eigenvalue weighted by Gasteiger charge is 2.18. The predicted molar refractivity (Wildman–Crippen MR) is 102 cm³/mol. The zero-order valence-corrected chi connectivity index (χ0v) is 15.8. The summed E-state index contributed by atoms with van der Waals surface area (Å²) in [6.45, 7) is 7.85. The fourth-order valence-corrected chi connectivity index (χ4v) is 2.55. The molecule has 1 atom stereocenters. The number of hydrogen-bond donors (Lipinski definition) is 1. The largest absolute Gasteiger partial charge is 0.481 e. The molecule has 1 N–H and O–H groups in total. The Bertz CT molecular complexity index is 798. The zero-order valence-electron chi connectivity index (χ0n) is 15.8. The molecule has 0 radical (unpaired) electrons. The molecule has 0 spiro atoms. The third-order valence-electron chi connectivity index (χ3n) is 4.02. The van der Waals surface area contributed by atoms with E-state index in [2.05, 4.69) is 19.2 Å². The Hall–Kier alpha value is -2.82. The van der Waals surface area contributed by atoms with Gasteiger partial charge in [0.05, 0.1) is 12.7 Å². The van der Waals surface area contributed by atoms with Gasteiger partial charge in [-0.3, -0.25) is 4.79 Å². The van der Waals surface area contributed by atoms with Crippen molar-refractivity contribution in [2.45, 2.75) is 39.7 Å². The van der Waals surface area contributed by atoms with Gasteiger partial charge in [0.2, 0.25) is 0 Å². The molecule has 26 heavy (non-hydrogen) atoms. The number of anilines is 1. The van der Waals surface area contributed by atoms with Crippen LogP contribution in [0.4, 0.5) is 5.69 Å². The van der Waals surface area contributed by atoms with E-state index in [9.17, 15) is 9.59 Å². The lowest BCUT2D eigenvalue weighted by Gasteiger charge is -2.19. The standard InChI is InChI=1S/C21H25NO4/c1-13(2)18-10-9-14(3)11-19(18)26-15(4)20(23)22-17-8-6-7-16(12-17)21(24)25-5/h6-13,15H,1-5H3,(H,22,23)/t15-/m0/s1. The Balaban J connectivity index is 2.11. The topological polar surface area (TPSA) is 64.6 Å². The van der Waals surface area contributed by atoms with Gasteiger partial charge in [0.15, 0.2) is 6.10 Å². The van der Waals surface area contributed by atoms with Crippen molar-refractivity contribution in [2.75, 3.05) is 12.4 Å². The molecule has 2 aromatic carbocycles. The minimum Gasteiger partial charge on any atom is -0.481 e. The minimum atomic E-state index is -0.684. The summed E-state index contributed by atoms with van der Waals surface area (Å²) < 4.78 is 10.6. The predicted octanol–water partition coefficient (Wildman–Crippen LogP) is 4.31. The third-order valence-corrected chi connectivity index (χ3v) is 4.02. The van der Waals surface area contributed by atoms with Gasteiger partial charge in [-0.15, -0.1) is 0 Å². The number of hydrogen-bond acceptors (Lipinski definition) is 4. The molecular formula is C21H25NO4. The number of carbonyl (C=O) groups excluding carboxylic acids is 2. The third kappa shape index (κ3) is 4.85. The van der Waals surface area contributed by atoms with E-state index >= 15 is 0 Å². The van der Waals surface area contributed by atoms with Crippen LogP contribution in [-0.4, -0.2) is 25.1 Å². The van der Waals surface area contributed by atoms with Crippen LogP contribution in [0.5, 0.6) is 5.75 Å². The van der Waals surface area contributed by atoms with Crippen LogP contribution in [-0.2, 0) is 9.53 Å². The number of nitrogens with one attached hydrogen (secondary N) is 1. The van der Waals surface area contributed by atoms with Gasteiger partial charge in [-0.25, -0.2) is 4.79 Å².